The summed E-state index contributed by atoms with van der Waals surface area (Å²) in [6, 6.07) is 5.99. The average Bonchev–Trinajstić information content (AvgIpc) is 2.60. The van der Waals surface area contributed by atoms with Crippen molar-refractivity contribution in [2.24, 2.45) is 0 Å². The first-order chi connectivity index (χ1) is 11.1. The highest BCUT2D eigenvalue weighted by atomic mass is 14.9. The summed E-state index contributed by atoms with van der Waals surface area (Å²) in [4.78, 5) is 8.64. The van der Waals surface area contributed by atoms with E-state index in [2.05, 4.69) is 28.4 Å². The van der Waals surface area contributed by atoms with Gasteiger partial charge in [0, 0.05) is 23.3 Å². The van der Waals surface area contributed by atoms with Crippen LogP contribution in [0.15, 0.2) is 31.0 Å². The van der Waals surface area contributed by atoms with E-state index < -0.39 is 0 Å². The summed E-state index contributed by atoms with van der Waals surface area (Å²) in [7, 11) is 0. The van der Waals surface area contributed by atoms with E-state index in [1.165, 1.54) is 0 Å². The van der Waals surface area contributed by atoms with Crippen LogP contribution >= 0.6 is 0 Å². The van der Waals surface area contributed by atoms with Gasteiger partial charge in [-0.05, 0) is 43.7 Å². The van der Waals surface area contributed by atoms with Crippen molar-refractivity contribution in [1.82, 2.24) is 9.97 Å². The number of anilines is 1. The summed E-state index contributed by atoms with van der Waals surface area (Å²) < 4.78 is 0. The van der Waals surface area contributed by atoms with Gasteiger partial charge in [-0.25, -0.2) is 0 Å². The second-order valence-corrected chi connectivity index (χ2v) is 4.43. The minimum absolute atomic E-state index is 0.748. The van der Waals surface area contributed by atoms with Crippen LogP contribution in [-0.2, 0) is 0 Å². The zero-order valence-corrected chi connectivity index (χ0v) is 15.3. The van der Waals surface area contributed by atoms with Crippen molar-refractivity contribution in [3.8, 4) is 0 Å². The molecule has 0 amide bonds. The average molecular weight is 311 g/mol. The molecule has 0 aromatic carbocycles. The van der Waals surface area contributed by atoms with Crippen molar-refractivity contribution in [1.29, 1.82) is 0 Å². The molecule has 0 aliphatic rings. The molecule has 0 aliphatic carbocycles. The first-order valence-electron chi connectivity index (χ1n) is 8.08. The number of nitrogens with one attached hydrogen (secondary N) is 1. The standard InChI is InChI=1S/C16H17N3.2C2H6/c1-5-15-16(7-6-12(3)19-15)18-10-14-8-11(2)9-17-13(14)4;2*1-2/h5-10,18H,1,4H2,2-3H3;2*1-2H3/b14-10+;;. The Morgan fingerprint density at radius 1 is 1.09 bits per heavy atom. The highest BCUT2D eigenvalue weighted by molar-refractivity contribution is 5.66. The van der Waals surface area contributed by atoms with Crippen LogP contribution in [0.2, 0.25) is 0 Å². The largest absolute Gasteiger partial charge is 0.359 e. The quantitative estimate of drug-likeness (QED) is 0.929. The van der Waals surface area contributed by atoms with Crippen molar-refractivity contribution in [3.05, 3.63) is 58.5 Å². The summed E-state index contributed by atoms with van der Waals surface area (Å²) in [6.07, 6.45) is 5.44. The number of hydrogen-bond acceptors (Lipinski definition) is 3. The molecule has 124 valence electrons. The molecule has 0 fully saturated rings. The van der Waals surface area contributed by atoms with E-state index in [9.17, 15) is 0 Å². The highest BCUT2D eigenvalue weighted by Gasteiger charge is 1.98. The number of rotatable bonds is 3. The molecule has 23 heavy (non-hydrogen) atoms. The Balaban J connectivity index is 0.00000112. The van der Waals surface area contributed by atoms with Crippen LogP contribution in [0.4, 0.5) is 5.69 Å². The number of aromatic nitrogens is 2. The molecule has 0 atom stereocenters. The lowest BCUT2D eigenvalue weighted by atomic mass is 10.2. The number of pyridine rings is 2. The third kappa shape index (κ3) is 6.47. The van der Waals surface area contributed by atoms with E-state index in [-0.39, 0.29) is 0 Å². The van der Waals surface area contributed by atoms with Gasteiger partial charge in [0.05, 0.1) is 16.7 Å². The lowest BCUT2D eigenvalue weighted by molar-refractivity contribution is 1.18. The van der Waals surface area contributed by atoms with Crippen LogP contribution in [0.1, 0.15) is 44.6 Å². The minimum Gasteiger partial charge on any atom is -0.359 e. The van der Waals surface area contributed by atoms with E-state index in [4.69, 9.17) is 0 Å². The molecule has 0 saturated carbocycles. The van der Waals surface area contributed by atoms with E-state index in [1.807, 2.05) is 72.1 Å². The molecule has 3 nitrogen and oxygen atoms in total. The highest BCUT2D eigenvalue weighted by Crippen LogP contribution is 2.14. The number of aryl methyl sites for hydroxylation is 2. The smallest absolute Gasteiger partial charge is 0.0861 e. The van der Waals surface area contributed by atoms with E-state index in [1.54, 1.807) is 6.08 Å². The molecular weight excluding hydrogens is 282 g/mol. The summed E-state index contributed by atoms with van der Waals surface area (Å²) >= 11 is 0. The third-order valence-corrected chi connectivity index (χ3v) is 2.78. The molecule has 0 bridgehead atoms. The molecule has 3 heteroatoms. The molecule has 1 N–H and O–H groups in total. The molecular formula is C20H29N3. The topological polar surface area (TPSA) is 37.8 Å². The maximum absolute atomic E-state index is 4.41. The minimum atomic E-state index is 0.748. The lowest BCUT2D eigenvalue weighted by Crippen LogP contribution is -2.27. The predicted molar refractivity (Wildman–Crippen MR) is 104 cm³/mol. The fraction of sp³-hybridized carbons (Fsp3) is 0.300. The van der Waals surface area contributed by atoms with Crippen molar-refractivity contribution in [3.63, 3.8) is 0 Å². The van der Waals surface area contributed by atoms with Gasteiger partial charge in [-0.15, -0.1) is 0 Å². The van der Waals surface area contributed by atoms with Crippen LogP contribution < -0.4 is 15.9 Å². The first-order valence-corrected chi connectivity index (χ1v) is 8.08. The van der Waals surface area contributed by atoms with Crippen molar-refractivity contribution in [2.75, 3.05) is 5.32 Å². The van der Waals surface area contributed by atoms with Crippen LogP contribution in [0, 0.1) is 13.8 Å². The normalized spacial score (nSPS) is 9.91. The summed E-state index contributed by atoms with van der Waals surface area (Å²) in [6.45, 7) is 19.7. The van der Waals surface area contributed by atoms with Gasteiger partial charge in [-0.3, -0.25) is 9.97 Å². The van der Waals surface area contributed by atoms with Crippen LogP contribution in [0.25, 0.3) is 18.9 Å². The van der Waals surface area contributed by atoms with Crippen molar-refractivity contribution in [2.45, 2.75) is 41.5 Å². The molecule has 0 unspecified atom stereocenters. The Kier molecular flexibility index (Phi) is 10.0. The second-order valence-electron chi connectivity index (χ2n) is 4.43. The molecule has 2 aromatic rings. The van der Waals surface area contributed by atoms with Gasteiger partial charge < -0.3 is 5.32 Å². The number of hydrogen-bond donors (Lipinski definition) is 1. The van der Waals surface area contributed by atoms with Gasteiger partial charge in [0.1, 0.15) is 0 Å². The van der Waals surface area contributed by atoms with Gasteiger partial charge in [0.15, 0.2) is 0 Å². The molecule has 2 heterocycles. The number of nitrogens with zero attached hydrogens (tertiary/aromatic N) is 2. The maximum Gasteiger partial charge on any atom is 0.0861 e. The van der Waals surface area contributed by atoms with Gasteiger partial charge in [-0.2, -0.15) is 0 Å². The molecule has 0 spiro atoms. The van der Waals surface area contributed by atoms with Crippen LogP contribution in [0.5, 0.6) is 0 Å². The molecule has 0 aliphatic heterocycles. The van der Waals surface area contributed by atoms with Gasteiger partial charge in [0.25, 0.3) is 0 Å². The van der Waals surface area contributed by atoms with E-state index >= 15 is 0 Å². The molecule has 0 radical (unpaired) electrons. The van der Waals surface area contributed by atoms with Crippen molar-refractivity contribution >= 4 is 24.5 Å². The Labute approximate surface area is 140 Å². The van der Waals surface area contributed by atoms with Crippen molar-refractivity contribution < 1.29 is 0 Å². The zero-order valence-electron chi connectivity index (χ0n) is 15.3. The molecule has 2 rings (SSSR count). The molecule has 0 saturated heterocycles. The fourth-order valence-electron chi connectivity index (χ4n) is 1.76. The summed E-state index contributed by atoms with van der Waals surface area (Å²) in [5, 5.41) is 4.95. The zero-order chi connectivity index (χ0) is 17.8. The second kappa shape index (κ2) is 11.2. The van der Waals surface area contributed by atoms with Gasteiger partial charge in [-0.1, -0.05) is 40.9 Å². The SMILES string of the molecule is C=Cc1nc(C)ccc1N/C=c1\cc(C)cnc1=C.CC.CC. The van der Waals surface area contributed by atoms with Gasteiger partial charge >= 0.3 is 0 Å². The van der Waals surface area contributed by atoms with Crippen LogP contribution in [-0.4, -0.2) is 9.97 Å². The Morgan fingerprint density at radius 2 is 1.74 bits per heavy atom. The summed E-state index contributed by atoms with van der Waals surface area (Å²) in [5.74, 6) is 0. The first kappa shape index (κ1) is 20.6. The Hall–Kier alpha value is -2.42. The lowest BCUT2D eigenvalue weighted by Gasteiger charge is -2.05. The van der Waals surface area contributed by atoms with Gasteiger partial charge in [0.2, 0.25) is 0 Å². The third-order valence-electron chi connectivity index (χ3n) is 2.78. The van der Waals surface area contributed by atoms with E-state index in [0.717, 1.165) is 33.2 Å². The monoisotopic (exact) mass is 311 g/mol. The van der Waals surface area contributed by atoms with E-state index in [0.29, 0.717) is 0 Å². The Morgan fingerprint density at radius 3 is 2.35 bits per heavy atom. The maximum atomic E-state index is 4.41. The Bertz CT molecular complexity index is 718. The summed E-state index contributed by atoms with van der Waals surface area (Å²) in [5.41, 5.74) is 3.82. The molecule has 2 aromatic heterocycles. The van der Waals surface area contributed by atoms with Crippen LogP contribution in [0.3, 0.4) is 0 Å². The fourth-order valence-corrected chi connectivity index (χ4v) is 1.76. The predicted octanol–water partition coefficient (Wildman–Crippen LogP) is 4.05.